The third-order valence-electron chi connectivity index (χ3n) is 3.07. The van der Waals surface area contributed by atoms with Crippen molar-refractivity contribution in [2.45, 2.75) is 39.5 Å². The van der Waals surface area contributed by atoms with E-state index in [2.05, 4.69) is 26.0 Å². The molecule has 1 aliphatic rings. The van der Waals surface area contributed by atoms with Crippen molar-refractivity contribution in [1.82, 2.24) is 19.5 Å². The fraction of sp³-hybridized carbons (Fsp3) is 0.462. The number of halogens is 2. The van der Waals surface area contributed by atoms with Gasteiger partial charge in [0.2, 0.25) is 0 Å². The van der Waals surface area contributed by atoms with Gasteiger partial charge in [0.1, 0.15) is 10.8 Å². The van der Waals surface area contributed by atoms with Crippen LogP contribution in [-0.4, -0.2) is 31.2 Å². The summed E-state index contributed by atoms with van der Waals surface area (Å²) in [5.74, 6) is 0. The first-order valence-electron chi connectivity index (χ1n) is 6.44. The average molecular weight is 374 g/mol. The molecule has 0 atom stereocenters. The summed E-state index contributed by atoms with van der Waals surface area (Å²) in [6.45, 7) is 6.28. The quantitative estimate of drug-likeness (QED) is 0.664. The van der Waals surface area contributed by atoms with Crippen molar-refractivity contribution in [1.29, 1.82) is 0 Å². The highest BCUT2D eigenvalue weighted by Crippen LogP contribution is 2.31. The number of ether oxygens (including phenoxy) is 1. The number of amides is 1. The largest absolute Gasteiger partial charge is 0.444 e. The Morgan fingerprint density at radius 3 is 2.81 bits per heavy atom. The average Bonchev–Trinajstić information content (AvgIpc) is 2.93. The van der Waals surface area contributed by atoms with Crippen LogP contribution in [0.1, 0.15) is 32.0 Å². The highest BCUT2D eigenvalue weighted by molar-refractivity contribution is 9.10. The molecular formula is C13H14BrClN4O2. The summed E-state index contributed by atoms with van der Waals surface area (Å²) in [7, 11) is 0. The van der Waals surface area contributed by atoms with E-state index >= 15 is 0 Å². The second-order valence-electron chi connectivity index (χ2n) is 5.89. The van der Waals surface area contributed by atoms with Crippen molar-refractivity contribution in [2.24, 2.45) is 0 Å². The highest BCUT2D eigenvalue weighted by atomic mass is 79.9. The Bertz CT molecular complexity index is 738. The molecule has 3 rings (SSSR count). The summed E-state index contributed by atoms with van der Waals surface area (Å²) in [4.78, 5) is 18.3. The molecule has 0 aromatic carbocycles. The number of hydrogen-bond donors (Lipinski definition) is 0. The van der Waals surface area contributed by atoms with E-state index in [1.807, 2.05) is 20.8 Å². The molecule has 0 N–H and O–H groups in total. The van der Waals surface area contributed by atoms with Gasteiger partial charge in [0.15, 0.2) is 5.65 Å². The molecule has 0 aliphatic carbocycles. The maximum atomic E-state index is 12.1. The molecule has 2 aromatic rings. The van der Waals surface area contributed by atoms with Gasteiger partial charge >= 0.3 is 6.09 Å². The van der Waals surface area contributed by atoms with E-state index in [1.165, 1.54) is 0 Å². The van der Waals surface area contributed by atoms with Crippen molar-refractivity contribution in [3.05, 3.63) is 27.1 Å². The van der Waals surface area contributed by atoms with Gasteiger partial charge in [0.25, 0.3) is 0 Å². The van der Waals surface area contributed by atoms with Crippen molar-refractivity contribution in [3.63, 3.8) is 0 Å². The van der Waals surface area contributed by atoms with Crippen LogP contribution >= 0.6 is 27.5 Å². The lowest BCUT2D eigenvalue weighted by Gasteiger charge is -2.23. The predicted molar refractivity (Wildman–Crippen MR) is 81.2 cm³/mol. The Labute approximate surface area is 135 Å². The Kier molecular flexibility index (Phi) is 3.37. The van der Waals surface area contributed by atoms with E-state index in [4.69, 9.17) is 16.3 Å². The molecular weight excluding hydrogens is 360 g/mol. The summed E-state index contributed by atoms with van der Waals surface area (Å²) in [5, 5.41) is 4.64. The number of carbonyl (C=O) groups is 1. The monoisotopic (exact) mass is 372 g/mol. The Balaban J connectivity index is 1.93. The number of nitrogens with zero attached hydrogens (tertiary/aromatic N) is 4. The number of aromatic nitrogens is 3. The standard InChI is InChI=1S/C13H14BrClN4O2/c1-13(2,3)21-12(20)18-5-7-9(6-18)17-11-8(14)4-16-19(11)10(7)15/h4H,5-6H2,1-3H3. The Morgan fingerprint density at radius 1 is 1.43 bits per heavy atom. The van der Waals surface area contributed by atoms with Gasteiger partial charge in [-0.2, -0.15) is 5.10 Å². The van der Waals surface area contributed by atoms with Crippen molar-refractivity contribution >= 4 is 39.3 Å². The SMILES string of the molecule is CC(C)(C)OC(=O)N1Cc2nc3c(Br)cnn3c(Cl)c2C1. The minimum Gasteiger partial charge on any atom is -0.444 e. The first kappa shape index (κ1) is 14.6. The van der Waals surface area contributed by atoms with Crippen LogP contribution in [0.3, 0.4) is 0 Å². The summed E-state index contributed by atoms with van der Waals surface area (Å²) in [6.07, 6.45) is 1.28. The van der Waals surface area contributed by atoms with Crippen LogP contribution in [0.25, 0.3) is 5.65 Å². The second kappa shape index (κ2) is 4.84. The van der Waals surface area contributed by atoms with Crippen molar-refractivity contribution in [3.8, 4) is 0 Å². The molecule has 0 radical (unpaired) electrons. The maximum absolute atomic E-state index is 12.1. The van der Waals surface area contributed by atoms with Gasteiger partial charge in [-0.25, -0.2) is 14.3 Å². The maximum Gasteiger partial charge on any atom is 0.410 e. The van der Waals surface area contributed by atoms with Crippen LogP contribution in [0.5, 0.6) is 0 Å². The highest BCUT2D eigenvalue weighted by Gasteiger charge is 2.31. The summed E-state index contributed by atoms with van der Waals surface area (Å²) in [5.41, 5.74) is 1.70. The zero-order chi connectivity index (χ0) is 15.4. The van der Waals surface area contributed by atoms with Crippen molar-refractivity contribution < 1.29 is 9.53 Å². The van der Waals surface area contributed by atoms with Gasteiger partial charge in [-0.3, -0.25) is 4.90 Å². The minimum atomic E-state index is -0.527. The molecule has 1 aliphatic heterocycles. The van der Waals surface area contributed by atoms with Crippen LogP contribution in [-0.2, 0) is 17.8 Å². The molecule has 1 amide bonds. The normalized spacial score (nSPS) is 14.6. The van der Waals surface area contributed by atoms with E-state index < -0.39 is 5.60 Å². The molecule has 21 heavy (non-hydrogen) atoms. The zero-order valence-corrected chi connectivity index (χ0v) is 14.2. The lowest BCUT2D eigenvalue weighted by molar-refractivity contribution is 0.0240. The summed E-state index contributed by atoms with van der Waals surface area (Å²) in [6, 6.07) is 0. The number of carbonyl (C=O) groups excluding carboxylic acids is 1. The molecule has 0 saturated carbocycles. The molecule has 8 heteroatoms. The molecule has 0 spiro atoms. The molecule has 112 valence electrons. The predicted octanol–water partition coefficient (Wildman–Crippen LogP) is 3.40. The van der Waals surface area contributed by atoms with Crippen LogP contribution in [0.2, 0.25) is 5.15 Å². The van der Waals surface area contributed by atoms with Gasteiger partial charge in [-0.15, -0.1) is 0 Å². The molecule has 6 nitrogen and oxygen atoms in total. The van der Waals surface area contributed by atoms with Gasteiger partial charge in [0, 0.05) is 5.56 Å². The zero-order valence-electron chi connectivity index (χ0n) is 11.9. The third kappa shape index (κ3) is 2.60. The minimum absolute atomic E-state index is 0.367. The van der Waals surface area contributed by atoms with Crippen LogP contribution in [0.15, 0.2) is 10.7 Å². The Morgan fingerprint density at radius 2 is 2.14 bits per heavy atom. The summed E-state index contributed by atoms with van der Waals surface area (Å²) < 4.78 is 7.71. The second-order valence-corrected chi connectivity index (χ2v) is 7.10. The van der Waals surface area contributed by atoms with Gasteiger partial charge < -0.3 is 4.74 Å². The topological polar surface area (TPSA) is 59.7 Å². The number of fused-ring (bicyclic) bond motifs is 2. The molecule has 2 aromatic heterocycles. The number of hydrogen-bond acceptors (Lipinski definition) is 4. The Hall–Kier alpha value is -1.34. The van der Waals surface area contributed by atoms with Crippen LogP contribution in [0, 0.1) is 0 Å². The molecule has 0 bridgehead atoms. The van der Waals surface area contributed by atoms with Gasteiger partial charge in [0.05, 0.1) is 29.5 Å². The van der Waals surface area contributed by atoms with E-state index in [0.717, 1.165) is 15.7 Å². The van der Waals surface area contributed by atoms with E-state index in [0.29, 0.717) is 23.9 Å². The first-order chi connectivity index (χ1) is 9.76. The first-order valence-corrected chi connectivity index (χ1v) is 7.62. The van der Waals surface area contributed by atoms with Gasteiger partial charge in [-0.05, 0) is 36.7 Å². The van der Waals surface area contributed by atoms with Gasteiger partial charge in [-0.1, -0.05) is 11.6 Å². The lowest BCUT2D eigenvalue weighted by atomic mass is 10.2. The fourth-order valence-electron chi connectivity index (χ4n) is 2.18. The van der Waals surface area contributed by atoms with Crippen molar-refractivity contribution in [2.75, 3.05) is 0 Å². The van der Waals surface area contributed by atoms with E-state index in [-0.39, 0.29) is 6.09 Å². The van der Waals surface area contributed by atoms with Crippen LogP contribution in [0.4, 0.5) is 4.79 Å². The van der Waals surface area contributed by atoms with Crippen LogP contribution < -0.4 is 0 Å². The van der Waals surface area contributed by atoms with E-state index in [9.17, 15) is 4.79 Å². The fourth-order valence-corrected chi connectivity index (χ4v) is 2.82. The molecule has 0 unspecified atom stereocenters. The van der Waals surface area contributed by atoms with E-state index in [1.54, 1.807) is 15.6 Å². The molecule has 3 heterocycles. The smallest absolute Gasteiger partial charge is 0.410 e. The lowest BCUT2D eigenvalue weighted by Crippen LogP contribution is -2.33. The molecule has 0 fully saturated rings. The molecule has 0 saturated heterocycles. The summed E-state index contributed by atoms with van der Waals surface area (Å²) >= 11 is 9.75. The third-order valence-corrected chi connectivity index (χ3v) is 4.01. The number of rotatable bonds is 0.